The first-order chi connectivity index (χ1) is 10.7. The number of rotatable bonds is 5. The topological polar surface area (TPSA) is 73.9 Å². The fourth-order valence-corrected chi connectivity index (χ4v) is 2.78. The Bertz CT molecular complexity index is 613. The van der Waals surface area contributed by atoms with Crippen molar-refractivity contribution in [2.24, 2.45) is 0 Å². The van der Waals surface area contributed by atoms with E-state index in [0.29, 0.717) is 18.7 Å². The highest BCUT2D eigenvalue weighted by Crippen LogP contribution is 2.29. The van der Waals surface area contributed by atoms with Crippen molar-refractivity contribution in [2.75, 3.05) is 18.4 Å². The van der Waals surface area contributed by atoms with Crippen molar-refractivity contribution in [2.45, 2.75) is 25.3 Å². The Kier molecular flexibility index (Phi) is 4.43. The van der Waals surface area contributed by atoms with Crippen LogP contribution in [0.4, 0.5) is 10.1 Å². The maximum Gasteiger partial charge on any atom is 0.225 e. The van der Waals surface area contributed by atoms with Gasteiger partial charge < -0.3 is 5.32 Å². The molecule has 0 aliphatic carbocycles. The second-order valence-corrected chi connectivity index (χ2v) is 5.37. The van der Waals surface area contributed by atoms with E-state index in [1.54, 1.807) is 12.1 Å². The number of carbonyl (C=O) groups is 1. The summed E-state index contributed by atoms with van der Waals surface area (Å²) in [5, 5.41) is 9.56. The van der Waals surface area contributed by atoms with Crippen molar-refractivity contribution < 1.29 is 9.18 Å². The van der Waals surface area contributed by atoms with Gasteiger partial charge in [0.05, 0.1) is 6.04 Å². The lowest BCUT2D eigenvalue weighted by atomic mass is 10.2. The number of nitrogens with one attached hydrogen (secondary N) is 2. The molecule has 0 saturated carbocycles. The fraction of sp³-hybridized carbons (Fsp3) is 0.400. The number of amides is 1. The Morgan fingerprint density at radius 2 is 2.23 bits per heavy atom. The van der Waals surface area contributed by atoms with Crippen molar-refractivity contribution in [3.63, 3.8) is 0 Å². The van der Waals surface area contributed by atoms with Gasteiger partial charge in [0.2, 0.25) is 5.91 Å². The average molecular weight is 303 g/mol. The number of hydrogen-bond donors (Lipinski definition) is 2. The fourth-order valence-electron chi connectivity index (χ4n) is 2.78. The molecule has 3 rings (SSSR count). The SMILES string of the molecule is O=C(CCN1CCC[C@H]1c1ncn[nH]1)Nc1ccc(F)cc1. The molecule has 0 spiro atoms. The van der Waals surface area contributed by atoms with Gasteiger partial charge in [-0.1, -0.05) is 0 Å². The molecule has 2 N–H and O–H groups in total. The molecule has 116 valence electrons. The summed E-state index contributed by atoms with van der Waals surface area (Å²) < 4.78 is 12.8. The summed E-state index contributed by atoms with van der Waals surface area (Å²) in [6, 6.07) is 5.98. The van der Waals surface area contributed by atoms with Crippen molar-refractivity contribution >= 4 is 11.6 Å². The molecule has 1 amide bonds. The molecule has 1 aromatic carbocycles. The van der Waals surface area contributed by atoms with Crippen LogP contribution in [0.15, 0.2) is 30.6 Å². The molecule has 1 saturated heterocycles. The molecule has 1 aliphatic heterocycles. The number of nitrogens with zero attached hydrogens (tertiary/aromatic N) is 3. The lowest BCUT2D eigenvalue weighted by molar-refractivity contribution is -0.116. The summed E-state index contributed by atoms with van der Waals surface area (Å²) in [5.74, 6) is 0.469. The van der Waals surface area contributed by atoms with E-state index in [9.17, 15) is 9.18 Å². The van der Waals surface area contributed by atoms with E-state index < -0.39 is 0 Å². The minimum absolute atomic E-state index is 0.0742. The van der Waals surface area contributed by atoms with Gasteiger partial charge in [0, 0.05) is 18.7 Å². The first-order valence-corrected chi connectivity index (χ1v) is 7.37. The van der Waals surface area contributed by atoms with Crippen molar-refractivity contribution in [1.29, 1.82) is 0 Å². The zero-order valence-electron chi connectivity index (χ0n) is 12.1. The molecule has 22 heavy (non-hydrogen) atoms. The van der Waals surface area contributed by atoms with Gasteiger partial charge in [0.1, 0.15) is 18.0 Å². The zero-order valence-corrected chi connectivity index (χ0v) is 12.1. The predicted octanol–water partition coefficient (Wildman–Crippen LogP) is 2.11. The molecule has 2 aromatic rings. The average Bonchev–Trinajstić information content (AvgIpc) is 3.18. The molecule has 7 heteroatoms. The van der Waals surface area contributed by atoms with Gasteiger partial charge in [-0.15, -0.1) is 0 Å². The van der Waals surface area contributed by atoms with Crippen LogP contribution in [0, 0.1) is 5.82 Å². The Morgan fingerprint density at radius 3 is 2.95 bits per heavy atom. The second-order valence-electron chi connectivity index (χ2n) is 5.37. The van der Waals surface area contributed by atoms with Crippen molar-refractivity contribution in [1.82, 2.24) is 20.1 Å². The monoisotopic (exact) mass is 303 g/mol. The summed E-state index contributed by atoms with van der Waals surface area (Å²) in [7, 11) is 0. The Balaban J connectivity index is 1.51. The number of H-pyrrole nitrogens is 1. The summed E-state index contributed by atoms with van der Waals surface area (Å²) in [6.07, 6.45) is 4.01. The lowest BCUT2D eigenvalue weighted by Crippen LogP contribution is -2.28. The largest absolute Gasteiger partial charge is 0.326 e. The van der Waals surface area contributed by atoms with Crippen molar-refractivity contribution in [3.8, 4) is 0 Å². The van der Waals surface area contributed by atoms with Crippen LogP contribution in [0.3, 0.4) is 0 Å². The Morgan fingerprint density at radius 1 is 1.41 bits per heavy atom. The molecular weight excluding hydrogens is 285 g/mol. The van der Waals surface area contributed by atoms with Crippen LogP contribution in [-0.2, 0) is 4.79 Å². The number of carbonyl (C=O) groups excluding carboxylic acids is 1. The Hall–Kier alpha value is -2.28. The van der Waals surface area contributed by atoms with Gasteiger partial charge in [-0.2, -0.15) is 5.10 Å². The molecule has 1 aromatic heterocycles. The lowest BCUT2D eigenvalue weighted by Gasteiger charge is -2.22. The smallest absolute Gasteiger partial charge is 0.225 e. The minimum Gasteiger partial charge on any atom is -0.326 e. The van der Waals surface area contributed by atoms with E-state index in [2.05, 4.69) is 25.4 Å². The molecule has 6 nitrogen and oxygen atoms in total. The summed E-state index contributed by atoms with van der Waals surface area (Å²) in [5.41, 5.74) is 0.611. The van der Waals surface area contributed by atoms with Crippen LogP contribution in [0.2, 0.25) is 0 Å². The minimum atomic E-state index is -0.315. The van der Waals surface area contributed by atoms with Crippen LogP contribution in [-0.4, -0.2) is 39.1 Å². The van der Waals surface area contributed by atoms with E-state index in [4.69, 9.17) is 0 Å². The maximum atomic E-state index is 12.8. The van der Waals surface area contributed by atoms with Gasteiger partial charge >= 0.3 is 0 Å². The first-order valence-electron chi connectivity index (χ1n) is 7.37. The van der Waals surface area contributed by atoms with Crippen LogP contribution < -0.4 is 5.32 Å². The third-order valence-corrected chi connectivity index (χ3v) is 3.87. The van der Waals surface area contributed by atoms with E-state index in [1.807, 2.05) is 0 Å². The van der Waals surface area contributed by atoms with Crippen LogP contribution >= 0.6 is 0 Å². The number of benzene rings is 1. The number of aromatic nitrogens is 3. The molecule has 0 unspecified atom stereocenters. The predicted molar refractivity (Wildman–Crippen MR) is 79.6 cm³/mol. The van der Waals surface area contributed by atoms with Crippen LogP contribution in [0.25, 0.3) is 0 Å². The van der Waals surface area contributed by atoms with Crippen LogP contribution in [0.5, 0.6) is 0 Å². The highest BCUT2D eigenvalue weighted by Gasteiger charge is 2.28. The van der Waals surface area contributed by atoms with Gasteiger partial charge in [0.25, 0.3) is 0 Å². The standard InChI is InChI=1S/C15H18FN5O/c16-11-3-5-12(6-4-11)19-14(22)7-9-21-8-1-2-13(21)15-17-10-18-20-15/h3-6,10,13H,1-2,7-9H2,(H,19,22)(H,17,18,20)/t13-/m0/s1. The molecule has 0 bridgehead atoms. The Labute approximate surface area is 127 Å². The highest BCUT2D eigenvalue weighted by molar-refractivity contribution is 5.90. The molecule has 1 atom stereocenters. The third kappa shape index (κ3) is 3.48. The molecular formula is C15H18FN5O. The molecule has 2 heterocycles. The van der Waals surface area contributed by atoms with E-state index in [1.165, 1.54) is 18.5 Å². The first kappa shape index (κ1) is 14.6. The second kappa shape index (κ2) is 6.65. The highest BCUT2D eigenvalue weighted by atomic mass is 19.1. The van der Waals surface area contributed by atoms with Crippen molar-refractivity contribution in [3.05, 3.63) is 42.2 Å². The molecule has 1 aliphatic rings. The number of likely N-dealkylation sites (tertiary alicyclic amines) is 1. The number of hydrogen-bond acceptors (Lipinski definition) is 4. The van der Waals surface area contributed by atoms with E-state index >= 15 is 0 Å². The summed E-state index contributed by atoms with van der Waals surface area (Å²) in [4.78, 5) is 18.4. The molecule has 0 radical (unpaired) electrons. The van der Waals surface area contributed by atoms with E-state index in [0.717, 1.165) is 25.2 Å². The third-order valence-electron chi connectivity index (χ3n) is 3.87. The number of anilines is 1. The zero-order chi connectivity index (χ0) is 15.4. The van der Waals surface area contributed by atoms with Crippen LogP contribution in [0.1, 0.15) is 31.1 Å². The molecule has 1 fully saturated rings. The van der Waals surface area contributed by atoms with Gasteiger partial charge in [-0.05, 0) is 43.7 Å². The van der Waals surface area contributed by atoms with E-state index in [-0.39, 0.29) is 17.8 Å². The summed E-state index contributed by atoms with van der Waals surface area (Å²) >= 11 is 0. The van der Waals surface area contributed by atoms with Gasteiger partial charge in [-0.25, -0.2) is 9.37 Å². The number of aromatic amines is 1. The number of halogens is 1. The maximum absolute atomic E-state index is 12.8. The summed E-state index contributed by atoms with van der Waals surface area (Å²) in [6.45, 7) is 1.62. The normalized spacial score (nSPS) is 18.5. The van der Waals surface area contributed by atoms with Gasteiger partial charge in [0.15, 0.2) is 0 Å². The van der Waals surface area contributed by atoms with Gasteiger partial charge in [-0.3, -0.25) is 14.8 Å². The quantitative estimate of drug-likeness (QED) is 0.887.